The molecule has 1 aromatic carbocycles. The highest BCUT2D eigenvalue weighted by molar-refractivity contribution is 7.80. The van der Waals surface area contributed by atoms with Gasteiger partial charge >= 0.3 is 5.97 Å². The van der Waals surface area contributed by atoms with E-state index in [0.717, 1.165) is 9.96 Å². The number of benzene rings is 1. The van der Waals surface area contributed by atoms with Crippen LogP contribution < -0.4 is 0 Å². The quantitative estimate of drug-likeness (QED) is 0.607. The van der Waals surface area contributed by atoms with Gasteiger partial charge in [0.2, 0.25) is 0 Å². The minimum absolute atomic E-state index is 0.158. The number of hydroxylamine groups is 2. The van der Waals surface area contributed by atoms with Crippen molar-refractivity contribution in [3.8, 4) is 0 Å². The van der Waals surface area contributed by atoms with Gasteiger partial charge in [-0.15, -0.1) is 12.6 Å². The largest absolute Gasteiger partial charge is 0.363 e. The van der Waals surface area contributed by atoms with Crippen molar-refractivity contribution in [2.75, 3.05) is 6.54 Å². The molecule has 1 saturated heterocycles. The average Bonchev–Trinajstić information content (AvgIpc) is 2.24. The Labute approximate surface area is 92.2 Å². The summed E-state index contributed by atoms with van der Waals surface area (Å²) in [6.45, 7) is 0.481. The number of nitrogens with zero attached hydrogens (tertiary/aromatic N) is 1. The maximum Gasteiger partial charge on any atom is 0.363 e. The number of amides is 1. The molecule has 2 rings (SSSR count). The Morgan fingerprint density at radius 1 is 1.33 bits per heavy atom. The van der Waals surface area contributed by atoms with Crippen LogP contribution in [0.2, 0.25) is 0 Å². The van der Waals surface area contributed by atoms with Crippen molar-refractivity contribution >= 4 is 24.5 Å². The fourth-order valence-corrected chi connectivity index (χ4v) is 1.29. The minimum Gasteiger partial charge on any atom is -0.333 e. The summed E-state index contributed by atoms with van der Waals surface area (Å²) in [4.78, 5) is 28.0. The van der Waals surface area contributed by atoms with E-state index < -0.39 is 5.97 Å². The summed E-state index contributed by atoms with van der Waals surface area (Å²) < 4.78 is 0. The Morgan fingerprint density at radius 3 is 2.47 bits per heavy atom. The van der Waals surface area contributed by atoms with Gasteiger partial charge in [-0.2, -0.15) is 5.06 Å². The second-order valence-electron chi connectivity index (χ2n) is 3.17. The van der Waals surface area contributed by atoms with Gasteiger partial charge < -0.3 is 4.84 Å². The van der Waals surface area contributed by atoms with Crippen molar-refractivity contribution < 1.29 is 14.4 Å². The van der Waals surface area contributed by atoms with E-state index in [1.54, 1.807) is 24.3 Å². The van der Waals surface area contributed by atoms with Crippen LogP contribution in [-0.2, 0) is 9.63 Å². The summed E-state index contributed by atoms with van der Waals surface area (Å²) in [7, 11) is 0. The van der Waals surface area contributed by atoms with Gasteiger partial charge in [0.25, 0.3) is 5.91 Å². The van der Waals surface area contributed by atoms with Gasteiger partial charge in [-0.05, 0) is 24.3 Å². The van der Waals surface area contributed by atoms with Gasteiger partial charge in [0.15, 0.2) is 0 Å². The van der Waals surface area contributed by atoms with Crippen molar-refractivity contribution in [2.45, 2.75) is 11.3 Å². The van der Waals surface area contributed by atoms with Crippen LogP contribution in [0.25, 0.3) is 0 Å². The van der Waals surface area contributed by atoms with Crippen molar-refractivity contribution in [3.05, 3.63) is 29.8 Å². The molecule has 0 atom stereocenters. The van der Waals surface area contributed by atoms with Crippen molar-refractivity contribution in [1.82, 2.24) is 5.06 Å². The molecule has 1 amide bonds. The van der Waals surface area contributed by atoms with Crippen LogP contribution in [0.5, 0.6) is 0 Å². The van der Waals surface area contributed by atoms with Gasteiger partial charge in [0, 0.05) is 4.90 Å². The molecule has 0 aromatic heterocycles. The van der Waals surface area contributed by atoms with E-state index in [1.807, 2.05) is 0 Å². The average molecular weight is 223 g/mol. The fourth-order valence-electron chi connectivity index (χ4n) is 1.14. The third-order valence-electron chi connectivity index (χ3n) is 2.10. The topological polar surface area (TPSA) is 46.6 Å². The molecule has 0 unspecified atom stereocenters. The standard InChI is InChI=1S/C10H9NO3S/c12-9-5-6-11(9)14-10(13)7-1-3-8(15)4-2-7/h1-4,15H,5-6H2. The summed E-state index contributed by atoms with van der Waals surface area (Å²) in [5, 5.41) is 1.07. The molecule has 0 radical (unpaired) electrons. The van der Waals surface area contributed by atoms with E-state index in [2.05, 4.69) is 12.6 Å². The number of thiol groups is 1. The molecule has 0 saturated carbocycles. The van der Waals surface area contributed by atoms with Gasteiger partial charge in [-0.25, -0.2) is 4.79 Å². The Hall–Kier alpha value is -1.49. The lowest BCUT2D eigenvalue weighted by molar-refractivity contribution is -0.185. The number of rotatable bonds is 2. The van der Waals surface area contributed by atoms with Crippen LogP contribution in [0, 0.1) is 0 Å². The fraction of sp³-hybridized carbons (Fsp3) is 0.200. The summed E-state index contributed by atoms with van der Waals surface area (Å²) >= 11 is 4.10. The first kappa shape index (κ1) is 10.0. The Morgan fingerprint density at radius 2 is 2.00 bits per heavy atom. The monoisotopic (exact) mass is 223 g/mol. The number of carbonyl (C=O) groups is 2. The maximum atomic E-state index is 11.5. The van der Waals surface area contributed by atoms with Gasteiger partial charge in [-0.3, -0.25) is 4.79 Å². The molecule has 78 valence electrons. The van der Waals surface area contributed by atoms with Crippen LogP contribution in [0.1, 0.15) is 16.8 Å². The lowest BCUT2D eigenvalue weighted by atomic mass is 10.2. The summed E-state index contributed by atoms with van der Waals surface area (Å²) in [5.74, 6) is -0.675. The van der Waals surface area contributed by atoms with E-state index in [1.165, 1.54) is 0 Å². The molecular formula is C10H9NO3S. The first-order chi connectivity index (χ1) is 7.16. The van der Waals surface area contributed by atoms with Crippen molar-refractivity contribution in [2.24, 2.45) is 0 Å². The lowest BCUT2D eigenvalue weighted by Crippen LogP contribution is -2.44. The van der Waals surface area contributed by atoms with Gasteiger partial charge in [0.05, 0.1) is 18.5 Å². The number of β-lactam (4-membered cyclic amide) rings is 1. The Kier molecular flexibility index (Phi) is 2.64. The Balaban J connectivity index is 2.01. The van der Waals surface area contributed by atoms with Crippen LogP contribution >= 0.6 is 12.6 Å². The summed E-state index contributed by atoms with van der Waals surface area (Å²) in [6, 6.07) is 6.60. The van der Waals surface area contributed by atoms with Gasteiger partial charge in [-0.1, -0.05) is 0 Å². The molecule has 0 bridgehead atoms. The third kappa shape index (κ3) is 2.12. The Bertz CT molecular complexity index is 402. The van der Waals surface area contributed by atoms with Crippen molar-refractivity contribution in [3.63, 3.8) is 0 Å². The molecule has 0 N–H and O–H groups in total. The highest BCUT2D eigenvalue weighted by atomic mass is 32.1. The number of hydrogen-bond acceptors (Lipinski definition) is 4. The smallest absolute Gasteiger partial charge is 0.333 e. The molecule has 0 spiro atoms. The van der Waals surface area contributed by atoms with E-state index in [4.69, 9.17) is 4.84 Å². The number of hydrogen-bond donors (Lipinski definition) is 1. The molecular weight excluding hydrogens is 214 g/mol. The second-order valence-corrected chi connectivity index (χ2v) is 3.69. The third-order valence-corrected chi connectivity index (χ3v) is 2.40. The zero-order chi connectivity index (χ0) is 10.8. The highest BCUT2D eigenvalue weighted by Gasteiger charge is 2.28. The zero-order valence-electron chi connectivity index (χ0n) is 7.84. The molecule has 1 aliphatic rings. The van der Waals surface area contributed by atoms with E-state index in [9.17, 15) is 9.59 Å². The predicted octanol–water partition coefficient (Wildman–Crippen LogP) is 1.28. The van der Waals surface area contributed by atoms with E-state index in [-0.39, 0.29) is 5.91 Å². The van der Waals surface area contributed by atoms with Crippen molar-refractivity contribution in [1.29, 1.82) is 0 Å². The molecule has 5 heteroatoms. The SMILES string of the molecule is O=C(ON1CCC1=O)c1ccc(S)cc1. The van der Waals surface area contributed by atoms with Crippen LogP contribution in [0.3, 0.4) is 0 Å². The second kappa shape index (κ2) is 3.94. The molecule has 0 aliphatic carbocycles. The highest BCUT2D eigenvalue weighted by Crippen LogP contribution is 2.13. The molecule has 1 heterocycles. The molecule has 4 nitrogen and oxygen atoms in total. The van der Waals surface area contributed by atoms with Crippen LogP contribution in [0.15, 0.2) is 29.2 Å². The predicted molar refractivity (Wildman–Crippen MR) is 55.4 cm³/mol. The molecule has 1 fully saturated rings. The maximum absolute atomic E-state index is 11.5. The van der Waals surface area contributed by atoms with Gasteiger partial charge in [0.1, 0.15) is 0 Å². The van der Waals surface area contributed by atoms with Crippen LogP contribution in [0.4, 0.5) is 0 Å². The van der Waals surface area contributed by atoms with E-state index >= 15 is 0 Å². The minimum atomic E-state index is -0.517. The molecule has 15 heavy (non-hydrogen) atoms. The van der Waals surface area contributed by atoms with E-state index in [0.29, 0.717) is 18.5 Å². The first-order valence-corrected chi connectivity index (χ1v) is 4.93. The first-order valence-electron chi connectivity index (χ1n) is 4.48. The molecule has 1 aromatic rings. The molecule has 1 aliphatic heterocycles. The van der Waals surface area contributed by atoms with Crippen LogP contribution in [-0.4, -0.2) is 23.5 Å². The number of carbonyl (C=O) groups excluding carboxylic acids is 2. The summed E-state index contributed by atoms with van der Waals surface area (Å²) in [6.07, 6.45) is 0.447. The normalized spacial score (nSPS) is 14.7. The summed E-state index contributed by atoms with van der Waals surface area (Å²) in [5.41, 5.74) is 0.410. The zero-order valence-corrected chi connectivity index (χ0v) is 8.74. The lowest BCUT2D eigenvalue weighted by Gasteiger charge is -2.27.